The molecule has 0 spiro atoms. The quantitative estimate of drug-likeness (QED) is 0.531. The fourth-order valence-electron chi connectivity index (χ4n) is 1.09. The Kier molecular flexibility index (Phi) is 4.94. The normalized spacial score (nSPS) is 14.8. The van der Waals surface area contributed by atoms with Crippen molar-refractivity contribution in [2.24, 2.45) is 0 Å². The van der Waals surface area contributed by atoms with E-state index >= 15 is 0 Å². The van der Waals surface area contributed by atoms with E-state index in [0.29, 0.717) is 6.42 Å². The Morgan fingerprint density at radius 1 is 1.47 bits per heavy atom. The minimum atomic E-state index is -1.73. The lowest BCUT2D eigenvalue weighted by molar-refractivity contribution is -0.116. The van der Waals surface area contributed by atoms with Crippen LogP contribution in [0.25, 0.3) is 0 Å². The molecule has 0 aliphatic rings. The Morgan fingerprint density at radius 2 is 1.93 bits per heavy atom. The summed E-state index contributed by atoms with van der Waals surface area (Å²) in [6.45, 7) is 16.4. The SMILES string of the molecule is C=CC(=O)CC(C)O[Si](C)(C)C(C)(C)C. The monoisotopic (exact) mass is 228 g/mol. The topological polar surface area (TPSA) is 26.3 Å². The summed E-state index contributed by atoms with van der Waals surface area (Å²) < 4.78 is 6.04. The molecule has 0 amide bonds. The highest BCUT2D eigenvalue weighted by Crippen LogP contribution is 2.37. The van der Waals surface area contributed by atoms with Gasteiger partial charge in [0.1, 0.15) is 0 Å². The lowest BCUT2D eigenvalue weighted by atomic mass is 10.2. The molecule has 1 atom stereocenters. The van der Waals surface area contributed by atoms with Gasteiger partial charge in [0.05, 0.1) is 0 Å². The van der Waals surface area contributed by atoms with E-state index in [9.17, 15) is 4.79 Å². The first kappa shape index (κ1) is 14.6. The fraction of sp³-hybridized carbons (Fsp3) is 0.750. The molecule has 0 heterocycles. The molecule has 0 aromatic carbocycles. The minimum absolute atomic E-state index is 0.00334. The van der Waals surface area contributed by atoms with Crippen LogP contribution in [0.5, 0.6) is 0 Å². The van der Waals surface area contributed by atoms with Gasteiger partial charge in [0.25, 0.3) is 0 Å². The van der Waals surface area contributed by atoms with E-state index in [-0.39, 0.29) is 16.9 Å². The van der Waals surface area contributed by atoms with Crippen LogP contribution in [0.2, 0.25) is 18.1 Å². The molecule has 88 valence electrons. The number of hydrogen-bond donors (Lipinski definition) is 0. The van der Waals surface area contributed by atoms with Crippen LogP contribution in [0.1, 0.15) is 34.1 Å². The first-order valence-corrected chi connectivity index (χ1v) is 8.34. The van der Waals surface area contributed by atoms with Crippen LogP contribution in [0.3, 0.4) is 0 Å². The molecular weight excluding hydrogens is 204 g/mol. The second kappa shape index (κ2) is 5.08. The lowest BCUT2D eigenvalue weighted by Crippen LogP contribution is -2.43. The first-order chi connectivity index (χ1) is 6.60. The van der Waals surface area contributed by atoms with Crippen LogP contribution in [-0.4, -0.2) is 20.2 Å². The van der Waals surface area contributed by atoms with Crippen LogP contribution < -0.4 is 0 Å². The largest absolute Gasteiger partial charge is 0.414 e. The molecule has 0 N–H and O–H groups in total. The maximum Gasteiger partial charge on any atom is 0.192 e. The zero-order chi connectivity index (χ0) is 12.3. The predicted molar refractivity (Wildman–Crippen MR) is 67.6 cm³/mol. The minimum Gasteiger partial charge on any atom is -0.414 e. The first-order valence-electron chi connectivity index (χ1n) is 5.43. The molecule has 0 saturated carbocycles. The van der Waals surface area contributed by atoms with Gasteiger partial charge in [0.2, 0.25) is 0 Å². The smallest absolute Gasteiger partial charge is 0.192 e. The van der Waals surface area contributed by atoms with Crippen LogP contribution in [0, 0.1) is 0 Å². The molecule has 0 saturated heterocycles. The Hall–Kier alpha value is -0.413. The second-order valence-electron chi connectivity index (χ2n) is 5.56. The van der Waals surface area contributed by atoms with Gasteiger partial charge in [-0.3, -0.25) is 4.79 Å². The number of carbonyl (C=O) groups excluding carboxylic acids is 1. The highest BCUT2D eigenvalue weighted by molar-refractivity contribution is 6.74. The van der Waals surface area contributed by atoms with Crippen LogP contribution in [0.15, 0.2) is 12.7 Å². The molecule has 2 nitrogen and oxygen atoms in total. The van der Waals surface area contributed by atoms with E-state index in [0.717, 1.165) is 0 Å². The van der Waals surface area contributed by atoms with Gasteiger partial charge < -0.3 is 4.43 Å². The molecule has 0 bridgehead atoms. The molecule has 3 heteroatoms. The predicted octanol–water partition coefficient (Wildman–Crippen LogP) is 3.54. The van der Waals surface area contributed by atoms with E-state index in [2.05, 4.69) is 40.4 Å². The second-order valence-corrected chi connectivity index (χ2v) is 10.3. The summed E-state index contributed by atoms with van der Waals surface area (Å²) in [7, 11) is -1.73. The highest BCUT2D eigenvalue weighted by atomic mass is 28.4. The van der Waals surface area contributed by atoms with Crippen molar-refractivity contribution in [2.45, 2.75) is 58.4 Å². The standard InChI is InChI=1S/C12H24O2Si/c1-8-11(13)9-10(2)14-15(6,7)12(3,4)5/h8,10H,1,9H2,2-7H3. The summed E-state index contributed by atoms with van der Waals surface area (Å²) >= 11 is 0. The van der Waals surface area contributed by atoms with Gasteiger partial charge in [-0.25, -0.2) is 0 Å². The van der Waals surface area contributed by atoms with E-state index in [1.54, 1.807) is 0 Å². The lowest BCUT2D eigenvalue weighted by Gasteiger charge is -2.38. The average molecular weight is 228 g/mol. The van der Waals surface area contributed by atoms with Crippen molar-refractivity contribution in [3.05, 3.63) is 12.7 Å². The molecule has 0 fully saturated rings. The maximum atomic E-state index is 11.2. The van der Waals surface area contributed by atoms with Gasteiger partial charge in [0.15, 0.2) is 14.1 Å². The fourth-order valence-corrected chi connectivity index (χ4v) is 2.53. The summed E-state index contributed by atoms with van der Waals surface area (Å²) in [6.07, 6.45) is 1.80. The van der Waals surface area contributed by atoms with Crippen molar-refractivity contribution in [2.75, 3.05) is 0 Å². The summed E-state index contributed by atoms with van der Waals surface area (Å²) in [5.41, 5.74) is 0. The van der Waals surface area contributed by atoms with Crippen LogP contribution >= 0.6 is 0 Å². The van der Waals surface area contributed by atoms with Gasteiger partial charge in [-0.15, -0.1) is 0 Å². The molecule has 0 aromatic rings. The number of rotatable bonds is 5. The zero-order valence-electron chi connectivity index (χ0n) is 10.9. The maximum absolute atomic E-state index is 11.2. The summed E-state index contributed by atoms with van der Waals surface area (Å²) in [6, 6.07) is 0. The number of hydrogen-bond acceptors (Lipinski definition) is 2. The van der Waals surface area contributed by atoms with E-state index in [1.165, 1.54) is 6.08 Å². The Bertz CT molecular complexity index is 238. The van der Waals surface area contributed by atoms with Gasteiger partial charge >= 0.3 is 0 Å². The van der Waals surface area contributed by atoms with Crippen molar-refractivity contribution >= 4 is 14.1 Å². The highest BCUT2D eigenvalue weighted by Gasteiger charge is 2.38. The molecule has 1 unspecified atom stereocenters. The van der Waals surface area contributed by atoms with Crippen molar-refractivity contribution < 1.29 is 9.22 Å². The molecule has 0 aromatic heterocycles. The number of ketones is 1. The van der Waals surface area contributed by atoms with Gasteiger partial charge in [-0.2, -0.15) is 0 Å². The molecule has 15 heavy (non-hydrogen) atoms. The van der Waals surface area contributed by atoms with Crippen molar-refractivity contribution in [3.63, 3.8) is 0 Å². The summed E-state index contributed by atoms with van der Waals surface area (Å²) in [5, 5.41) is 0.193. The molecular formula is C12H24O2Si. The van der Waals surface area contributed by atoms with E-state index in [4.69, 9.17) is 4.43 Å². The van der Waals surface area contributed by atoms with Crippen molar-refractivity contribution in [1.29, 1.82) is 0 Å². The van der Waals surface area contributed by atoms with Crippen molar-refractivity contribution in [3.8, 4) is 0 Å². The summed E-state index contributed by atoms with van der Waals surface area (Å²) in [5.74, 6) is 0.0567. The Labute approximate surface area is 94.8 Å². The van der Waals surface area contributed by atoms with Gasteiger partial charge in [-0.05, 0) is 31.1 Å². The van der Waals surface area contributed by atoms with Gasteiger partial charge in [-0.1, -0.05) is 27.4 Å². The van der Waals surface area contributed by atoms with Crippen LogP contribution in [-0.2, 0) is 9.22 Å². The number of carbonyl (C=O) groups is 1. The van der Waals surface area contributed by atoms with E-state index < -0.39 is 8.32 Å². The van der Waals surface area contributed by atoms with E-state index in [1.807, 2.05) is 6.92 Å². The number of allylic oxidation sites excluding steroid dienone is 1. The molecule has 0 aliphatic heterocycles. The summed E-state index contributed by atoms with van der Waals surface area (Å²) in [4.78, 5) is 11.2. The molecule has 0 radical (unpaired) electrons. The van der Waals surface area contributed by atoms with Crippen LogP contribution in [0.4, 0.5) is 0 Å². The molecule has 0 rings (SSSR count). The van der Waals surface area contributed by atoms with Crippen molar-refractivity contribution in [1.82, 2.24) is 0 Å². The Balaban J connectivity index is 4.34. The third kappa shape index (κ3) is 4.75. The third-order valence-corrected chi connectivity index (χ3v) is 7.62. The zero-order valence-corrected chi connectivity index (χ0v) is 11.9. The average Bonchev–Trinajstić information content (AvgIpc) is 2.00. The van der Waals surface area contributed by atoms with Gasteiger partial charge in [0, 0.05) is 12.5 Å². The third-order valence-electron chi connectivity index (χ3n) is 3.02. The Morgan fingerprint density at radius 3 is 2.27 bits per heavy atom. The molecule has 0 aliphatic carbocycles.